The third-order valence-electron chi connectivity index (χ3n) is 2.74. The number of amides is 2. The fraction of sp³-hybridized carbons (Fsp3) is 0.769. The van der Waals surface area contributed by atoms with E-state index in [0.717, 1.165) is 0 Å². The van der Waals surface area contributed by atoms with E-state index in [1.165, 1.54) is 25.9 Å². The molecule has 122 valence electrons. The van der Waals surface area contributed by atoms with Gasteiger partial charge in [0, 0.05) is 20.2 Å². The molecule has 0 aromatic rings. The number of carbonyl (C=O) groups is 3. The lowest BCUT2D eigenvalue weighted by Gasteiger charge is -2.25. The molecule has 8 heteroatoms. The number of ether oxygens (including phenoxy) is 2. The monoisotopic (exact) mass is 304 g/mol. The van der Waals surface area contributed by atoms with Gasteiger partial charge in [0.1, 0.15) is 6.54 Å². The Morgan fingerprint density at radius 2 is 1.90 bits per heavy atom. The van der Waals surface area contributed by atoms with Crippen LogP contribution >= 0.6 is 0 Å². The van der Waals surface area contributed by atoms with Crippen LogP contribution in [0.3, 0.4) is 0 Å². The van der Waals surface area contributed by atoms with Crippen LogP contribution in [0.2, 0.25) is 0 Å². The molecule has 2 amide bonds. The smallest absolute Gasteiger partial charge is 0.325 e. The summed E-state index contributed by atoms with van der Waals surface area (Å²) in [6.45, 7) is 5.10. The summed E-state index contributed by atoms with van der Waals surface area (Å²) < 4.78 is 9.67. The lowest BCUT2D eigenvalue weighted by atomic mass is 9.94. The molecule has 0 heterocycles. The molecular formula is C13H24N2O6. The van der Waals surface area contributed by atoms with E-state index in [9.17, 15) is 14.4 Å². The van der Waals surface area contributed by atoms with Crippen LogP contribution in [0.4, 0.5) is 4.79 Å². The third-order valence-corrected chi connectivity index (χ3v) is 2.74. The van der Waals surface area contributed by atoms with Crippen molar-refractivity contribution in [2.24, 2.45) is 5.41 Å². The Balaban J connectivity index is 4.57. The number of rotatable bonds is 9. The van der Waals surface area contributed by atoms with Crippen LogP contribution in [-0.2, 0) is 19.1 Å². The van der Waals surface area contributed by atoms with Gasteiger partial charge in [0.15, 0.2) is 0 Å². The summed E-state index contributed by atoms with van der Waals surface area (Å²) in [4.78, 5) is 35.7. The molecular weight excluding hydrogens is 280 g/mol. The summed E-state index contributed by atoms with van der Waals surface area (Å²) >= 11 is 0. The van der Waals surface area contributed by atoms with Gasteiger partial charge in [-0.25, -0.2) is 4.79 Å². The van der Waals surface area contributed by atoms with E-state index in [1.54, 1.807) is 6.92 Å². The SMILES string of the molecule is CCOC(=O)CN(CCOC)C(=O)NCC(C)(C)C(=O)O. The Morgan fingerprint density at radius 1 is 1.29 bits per heavy atom. The Hall–Kier alpha value is -1.83. The first kappa shape index (κ1) is 19.2. The van der Waals surface area contributed by atoms with E-state index >= 15 is 0 Å². The second kappa shape index (κ2) is 9.17. The fourth-order valence-corrected chi connectivity index (χ4v) is 1.30. The van der Waals surface area contributed by atoms with Crippen LogP contribution in [0.25, 0.3) is 0 Å². The maximum absolute atomic E-state index is 12.0. The molecule has 0 spiro atoms. The number of carboxylic acids is 1. The van der Waals surface area contributed by atoms with Crippen molar-refractivity contribution in [2.45, 2.75) is 20.8 Å². The lowest BCUT2D eigenvalue weighted by Crippen LogP contribution is -2.48. The van der Waals surface area contributed by atoms with Crippen LogP contribution in [0, 0.1) is 5.41 Å². The van der Waals surface area contributed by atoms with Gasteiger partial charge in [-0.2, -0.15) is 0 Å². The molecule has 0 aromatic heterocycles. The Labute approximate surface area is 124 Å². The predicted octanol–water partition coefficient (Wildman–Crippen LogP) is 0.318. The summed E-state index contributed by atoms with van der Waals surface area (Å²) in [5.41, 5.74) is -1.09. The molecule has 0 aliphatic carbocycles. The molecule has 0 rings (SSSR count). The van der Waals surface area contributed by atoms with Crippen LogP contribution in [0.5, 0.6) is 0 Å². The molecule has 2 N–H and O–H groups in total. The van der Waals surface area contributed by atoms with Crippen molar-refractivity contribution in [3.63, 3.8) is 0 Å². The van der Waals surface area contributed by atoms with Crippen molar-refractivity contribution in [3.8, 4) is 0 Å². The summed E-state index contributed by atoms with van der Waals surface area (Å²) in [5, 5.41) is 11.5. The Kier molecular flexibility index (Phi) is 8.37. The van der Waals surface area contributed by atoms with Gasteiger partial charge in [0.25, 0.3) is 0 Å². The zero-order valence-electron chi connectivity index (χ0n) is 13.0. The van der Waals surface area contributed by atoms with Gasteiger partial charge in [-0.05, 0) is 20.8 Å². The molecule has 0 saturated heterocycles. The first-order valence-electron chi connectivity index (χ1n) is 6.65. The molecule has 0 aliphatic heterocycles. The molecule has 8 nitrogen and oxygen atoms in total. The molecule has 0 saturated carbocycles. The number of methoxy groups -OCH3 is 1. The number of nitrogens with one attached hydrogen (secondary N) is 1. The van der Waals surface area contributed by atoms with Crippen molar-refractivity contribution in [1.29, 1.82) is 0 Å². The molecule has 0 aliphatic rings. The zero-order chi connectivity index (χ0) is 16.5. The van der Waals surface area contributed by atoms with Gasteiger partial charge in [0.05, 0.1) is 18.6 Å². The van der Waals surface area contributed by atoms with Gasteiger partial charge in [-0.1, -0.05) is 0 Å². The largest absolute Gasteiger partial charge is 0.481 e. The van der Waals surface area contributed by atoms with E-state index < -0.39 is 23.4 Å². The maximum Gasteiger partial charge on any atom is 0.325 e. The van der Waals surface area contributed by atoms with Gasteiger partial charge >= 0.3 is 18.0 Å². The highest BCUT2D eigenvalue weighted by Crippen LogP contribution is 2.13. The number of carbonyl (C=O) groups excluding carboxylic acids is 2. The summed E-state index contributed by atoms with van der Waals surface area (Å²) in [5.74, 6) is -1.54. The second-order valence-electron chi connectivity index (χ2n) is 5.07. The van der Waals surface area contributed by atoms with Gasteiger partial charge in [0.2, 0.25) is 0 Å². The number of carboxylic acid groups (broad SMARTS) is 1. The van der Waals surface area contributed by atoms with Crippen molar-refractivity contribution in [2.75, 3.05) is 40.0 Å². The first-order chi connectivity index (χ1) is 9.74. The van der Waals surface area contributed by atoms with E-state index in [-0.39, 0.29) is 32.8 Å². The predicted molar refractivity (Wildman–Crippen MR) is 74.9 cm³/mol. The molecule has 0 fully saturated rings. The number of aliphatic carboxylic acids is 1. The average Bonchev–Trinajstić information content (AvgIpc) is 2.41. The standard InChI is InChI=1S/C13H24N2O6/c1-5-21-10(16)8-15(6-7-20-4)12(19)14-9-13(2,3)11(17)18/h5-9H2,1-4H3,(H,14,19)(H,17,18). The first-order valence-corrected chi connectivity index (χ1v) is 6.65. The molecule has 0 aromatic carbocycles. The topological polar surface area (TPSA) is 105 Å². The highest BCUT2D eigenvalue weighted by atomic mass is 16.5. The number of hydrogen-bond donors (Lipinski definition) is 2. The summed E-state index contributed by atoms with van der Waals surface area (Å²) in [6, 6.07) is -0.533. The van der Waals surface area contributed by atoms with Crippen LogP contribution in [0.15, 0.2) is 0 Å². The van der Waals surface area contributed by atoms with Crippen molar-refractivity contribution in [1.82, 2.24) is 10.2 Å². The molecule has 21 heavy (non-hydrogen) atoms. The van der Waals surface area contributed by atoms with Gasteiger partial charge in [-0.15, -0.1) is 0 Å². The van der Waals surface area contributed by atoms with E-state index in [0.29, 0.717) is 0 Å². The number of nitrogens with zero attached hydrogens (tertiary/aromatic N) is 1. The molecule has 0 unspecified atom stereocenters. The molecule has 0 bridgehead atoms. The van der Waals surface area contributed by atoms with E-state index in [4.69, 9.17) is 14.6 Å². The van der Waals surface area contributed by atoms with Crippen molar-refractivity contribution >= 4 is 18.0 Å². The third kappa shape index (κ3) is 7.50. The van der Waals surface area contributed by atoms with Crippen LogP contribution in [-0.4, -0.2) is 67.9 Å². The zero-order valence-corrected chi connectivity index (χ0v) is 13.0. The highest BCUT2D eigenvalue weighted by Gasteiger charge is 2.28. The summed E-state index contributed by atoms with van der Waals surface area (Å²) in [6.07, 6.45) is 0. The molecule has 0 radical (unpaired) electrons. The lowest BCUT2D eigenvalue weighted by molar-refractivity contribution is -0.147. The van der Waals surface area contributed by atoms with E-state index in [1.807, 2.05) is 0 Å². The quantitative estimate of drug-likeness (QED) is 0.594. The fourth-order valence-electron chi connectivity index (χ4n) is 1.30. The Bertz CT molecular complexity index is 370. The Morgan fingerprint density at radius 3 is 2.38 bits per heavy atom. The minimum absolute atomic E-state index is 0.0481. The summed E-state index contributed by atoms with van der Waals surface area (Å²) in [7, 11) is 1.48. The minimum atomic E-state index is -1.09. The van der Waals surface area contributed by atoms with Crippen LogP contribution in [0.1, 0.15) is 20.8 Å². The minimum Gasteiger partial charge on any atom is -0.481 e. The second-order valence-corrected chi connectivity index (χ2v) is 5.07. The maximum atomic E-state index is 12.0. The number of hydrogen-bond acceptors (Lipinski definition) is 5. The van der Waals surface area contributed by atoms with Crippen molar-refractivity contribution < 1.29 is 29.0 Å². The van der Waals surface area contributed by atoms with Gasteiger partial charge in [-0.3, -0.25) is 9.59 Å². The van der Waals surface area contributed by atoms with E-state index in [2.05, 4.69) is 5.32 Å². The number of urea groups is 1. The van der Waals surface area contributed by atoms with Gasteiger partial charge < -0.3 is 24.8 Å². The van der Waals surface area contributed by atoms with Crippen LogP contribution < -0.4 is 5.32 Å². The molecule has 0 atom stereocenters. The average molecular weight is 304 g/mol. The van der Waals surface area contributed by atoms with Crippen molar-refractivity contribution in [3.05, 3.63) is 0 Å². The number of esters is 1. The normalized spacial score (nSPS) is 10.9. The highest BCUT2D eigenvalue weighted by molar-refractivity contribution is 5.81.